The number of thiocarbonyl (C=S) groups is 1. The third kappa shape index (κ3) is 3.77. The SMILES string of the molecule is NC(=S)c1ccc(CC(=O)N2CCS(=O)(=O)CC2)cc1. The number of nitrogens with two attached hydrogens (primary N) is 1. The van der Waals surface area contributed by atoms with E-state index in [1.54, 1.807) is 17.0 Å². The van der Waals surface area contributed by atoms with Crippen molar-refractivity contribution in [2.45, 2.75) is 6.42 Å². The molecule has 5 nitrogen and oxygen atoms in total. The highest BCUT2D eigenvalue weighted by molar-refractivity contribution is 7.91. The Morgan fingerprint density at radius 3 is 2.25 bits per heavy atom. The van der Waals surface area contributed by atoms with E-state index in [-0.39, 0.29) is 36.9 Å². The van der Waals surface area contributed by atoms with E-state index in [1.165, 1.54) is 0 Å². The van der Waals surface area contributed by atoms with Crippen LogP contribution < -0.4 is 5.73 Å². The predicted octanol–water partition coefficient (Wildman–Crippen LogP) is 0.120. The Bertz CT molecular complexity index is 610. The Balaban J connectivity index is 1.96. The number of carbonyl (C=O) groups is 1. The molecule has 2 rings (SSSR count). The summed E-state index contributed by atoms with van der Waals surface area (Å²) >= 11 is 4.86. The lowest BCUT2D eigenvalue weighted by Gasteiger charge is -2.26. The summed E-state index contributed by atoms with van der Waals surface area (Å²) in [6.45, 7) is 0.568. The lowest BCUT2D eigenvalue weighted by Crippen LogP contribution is -2.44. The van der Waals surface area contributed by atoms with Crippen molar-refractivity contribution in [1.29, 1.82) is 0 Å². The summed E-state index contributed by atoms with van der Waals surface area (Å²) < 4.78 is 22.6. The first-order valence-electron chi connectivity index (χ1n) is 6.24. The first-order valence-corrected chi connectivity index (χ1v) is 8.47. The summed E-state index contributed by atoms with van der Waals surface area (Å²) in [7, 11) is -2.96. The maximum atomic E-state index is 12.1. The highest BCUT2D eigenvalue weighted by atomic mass is 32.2. The third-order valence-electron chi connectivity index (χ3n) is 3.29. The maximum Gasteiger partial charge on any atom is 0.227 e. The van der Waals surface area contributed by atoms with Crippen LogP contribution in [0.25, 0.3) is 0 Å². The van der Waals surface area contributed by atoms with Gasteiger partial charge in [-0.15, -0.1) is 0 Å². The molecule has 0 saturated carbocycles. The highest BCUT2D eigenvalue weighted by Crippen LogP contribution is 2.09. The summed E-state index contributed by atoms with van der Waals surface area (Å²) in [5.74, 6) is 0.0566. The summed E-state index contributed by atoms with van der Waals surface area (Å²) in [6.07, 6.45) is 0.262. The second kappa shape index (κ2) is 5.88. The van der Waals surface area contributed by atoms with Crippen molar-refractivity contribution >= 4 is 33.0 Å². The Morgan fingerprint density at radius 1 is 1.20 bits per heavy atom. The van der Waals surface area contributed by atoms with Crippen molar-refractivity contribution in [3.05, 3.63) is 35.4 Å². The predicted molar refractivity (Wildman–Crippen MR) is 81.3 cm³/mol. The number of sulfone groups is 1. The van der Waals surface area contributed by atoms with Gasteiger partial charge in [-0.05, 0) is 5.56 Å². The molecule has 1 heterocycles. The molecule has 0 radical (unpaired) electrons. The van der Waals surface area contributed by atoms with Crippen LogP contribution in [0.5, 0.6) is 0 Å². The van der Waals surface area contributed by atoms with Crippen LogP contribution in [-0.4, -0.2) is 48.8 Å². The molecule has 0 spiro atoms. The topological polar surface area (TPSA) is 80.5 Å². The van der Waals surface area contributed by atoms with E-state index in [4.69, 9.17) is 18.0 Å². The molecule has 0 aromatic heterocycles. The van der Waals surface area contributed by atoms with Gasteiger partial charge in [0.15, 0.2) is 9.84 Å². The van der Waals surface area contributed by atoms with Crippen LogP contribution in [0.15, 0.2) is 24.3 Å². The van der Waals surface area contributed by atoms with Gasteiger partial charge >= 0.3 is 0 Å². The highest BCUT2D eigenvalue weighted by Gasteiger charge is 2.24. The summed E-state index contributed by atoms with van der Waals surface area (Å²) in [5.41, 5.74) is 7.14. The Kier molecular flexibility index (Phi) is 4.39. The molecule has 1 aliphatic heterocycles. The minimum absolute atomic E-state index is 0.0528. The molecule has 0 bridgehead atoms. The zero-order valence-corrected chi connectivity index (χ0v) is 12.5. The van der Waals surface area contributed by atoms with Crippen LogP contribution in [0.3, 0.4) is 0 Å². The van der Waals surface area contributed by atoms with Crippen molar-refractivity contribution < 1.29 is 13.2 Å². The zero-order chi connectivity index (χ0) is 14.8. The minimum Gasteiger partial charge on any atom is -0.389 e. The van der Waals surface area contributed by atoms with Crippen molar-refractivity contribution in [3.8, 4) is 0 Å². The summed E-state index contributed by atoms with van der Waals surface area (Å²) in [4.78, 5) is 14.0. The average molecular weight is 312 g/mol. The number of amides is 1. The number of hydrogen-bond acceptors (Lipinski definition) is 4. The number of nitrogens with zero attached hydrogens (tertiary/aromatic N) is 1. The van der Waals surface area contributed by atoms with Crippen molar-refractivity contribution in [1.82, 2.24) is 4.90 Å². The van der Waals surface area contributed by atoms with Gasteiger partial charge in [0.05, 0.1) is 17.9 Å². The van der Waals surface area contributed by atoms with E-state index in [0.717, 1.165) is 11.1 Å². The summed E-state index contributed by atoms with van der Waals surface area (Å²) in [6, 6.07) is 7.19. The van der Waals surface area contributed by atoms with Gasteiger partial charge in [0.2, 0.25) is 5.91 Å². The smallest absolute Gasteiger partial charge is 0.227 e. The van der Waals surface area contributed by atoms with E-state index in [0.29, 0.717) is 4.99 Å². The Morgan fingerprint density at radius 2 is 1.75 bits per heavy atom. The van der Waals surface area contributed by atoms with Crippen LogP contribution in [0.2, 0.25) is 0 Å². The van der Waals surface area contributed by atoms with Gasteiger partial charge < -0.3 is 10.6 Å². The molecule has 7 heteroatoms. The summed E-state index contributed by atoms with van der Waals surface area (Å²) in [5, 5.41) is 0. The van der Waals surface area contributed by atoms with Gasteiger partial charge in [0, 0.05) is 18.7 Å². The molecule has 0 unspecified atom stereocenters. The van der Waals surface area contributed by atoms with E-state index < -0.39 is 9.84 Å². The fraction of sp³-hybridized carbons (Fsp3) is 0.385. The molecule has 2 N–H and O–H groups in total. The van der Waals surface area contributed by atoms with Crippen LogP contribution in [0.1, 0.15) is 11.1 Å². The first-order chi connectivity index (χ1) is 9.37. The fourth-order valence-corrected chi connectivity index (χ4v) is 3.37. The maximum absolute atomic E-state index is 12.1. The fourth-order valence-electron chi connectivity index (χ4n) is 2.04. The molecule has 0 aliphatic carbocycles. The van der Waals surface area contributed by atoms with Crippen LogP contribution >= 0.6 is 12.2 Å². The first kappa shape index (κ1) is 14.9. The van der Waals surface area contributed by atoms with Crippen molar-refractivity contribution in [2.24, 2.45) is 5.73 Å². The van der Waals surface area contributed by atoms with Gasteiger partial charge in [-0.25, -0.2) is 8.42 Å². The number of rotatable bonds is 3. The molecular formula is C13H16N2O3S2. The van der Waals surface area contributed by atoms with Gasteiger partial charge in [-0.1, -0.05) is 36.5 Å². The monoisotopic (exact) mass is 312 g/mol. The van der Waals surface area contributed by atoms with E-state index >= 15 is 0 Å². The van der Waals surface area contributed by atoms with E-state index in [2.05, 4.69) is 0 Å². The largest absolute Gasteiger partial charge is 0.389 e. The molecule has 0 atom stereocenters. The minimum atomic E-state index is -2.96. The number of carbonyl (C=O) groups excluding carboxylic acids is 1. The molecule has 1 fully saturated rings. The molecule has 1 aromatic rings. The number of hydrogen-bond donors (Lipinski definition) is 1. The van der Waals surface area contributed by atoms with E-state index in [1.807, 2.05) is 12.1 Å². The van der Waals surface area contributed by atoms with Crippen LogP contribution in [-0.2, 0) is 21.1 Å². The average Bonchev–Trinajstić information content (AvgIpc) is 2.39. The Labute approximate surface area is 123 Å². The van der Waals surface area contributed by atoms with Crippen LogP contribution in [0.4, 0.5) is 0 Å². The van der Waals surface area contributed by atoms with E-state index in [9.17, 15) is 13.2 Å². The molecule has 1 aliphatic rings. The van der Waals surface area contributed by atoms with Gasteiger partial charge in [0.25, 0.3) is 0 Å². The second-order valence-electron chi connectivity index (χ2n) is 4.77. The van der Waals surface area contributed by atoms with Gasteiger partial charge in [-0.2, -0.15) is 0 Å². The lowest BCUT2D eigenvalue weighted by atomic mass is 10.1. The van der Waals surface area contributed by atoms with Crippen LogP contribution in [0, 0.1) is 0 Å². The molecule has 20 heavy (non-hydrogen) atoms. The van der Waals surface area contributed by atoms with Crippen molar-refractivity contribution in [2.75, 3.05) is 24.6 Å². The molecule has 108 valence electrons. The Hall–Kier alpha value is -1.47. The quantitative estimate of drug-likeness (QED) is 0.802. The molecular weight excluding hydrogens is 296 g/mol. The van der Waals surface area contributed by atoms with Crippen molar-refractivity contribution in [3.63, 3.8) is 0 Å². The lowest BCUT2D eigenvalue weighted by molar-refractivity contribution is -0.130. The normalized spacial score (nSPS) is 17.7. The third-order valence-corrected chi connectivity index (χ3v) is 5.14. The number of benzene rings is 1. The molecule has 1 aromatic carbocycles. The second-order valence-corrected chi connectivity index (χ2v) is 7.51. The van der Waals surface area contributed by atoms with Gasteiger partial charge in [-0.3, -0.25) is 4.79 Å². The zero-order valence-electron chi connectivity index (χ0n) is 10.9. The standard InChI is InChI=1S/C13H16N2O3S2/c14-13(19)11-3-1-10(2-4-11)9-12(16)15-5-7-20(17,18)8-6-15/h1-4H,5-9H2,(H2,14,19). The molecule has 1 saturated heterocycles. The van der Waals surface area contributed by atoms with Gasteiger partial charge in [0.1, 0.15) is 4.99 Å². The molecule has 1 amide bonds.